The van der Waals surface area contributed by atoms with E-state index in [0.717, 1.165) is 24.4 Å². The van der Waals surface area contributed by atoms with Crippen molar-refractivity contribution in [3.8, 4) is 0 Å². The van der Waals surface area contributed by atoms with Crippen LogP contribution in [0.3, 0.4) is 0 Å². The molecule has 1 aliphatic carbocycles. The van der Waals surface area contributed by atoms with Crippen LogP contribution in [-0.2, 0) is 6.42 Å². The molecule has 0 saturated heterocycles. The number of hydrogen-bond donors (Lipinski definition) is 1. The van der Waals surface area contributed by atoms with Crippen LogP contribution in [0.5, 0.6) is 0 Å². The molecule has 0 bridgehead atoms. The fourth-order valence-electron chi connectivity index (χ4n) is 3.82. The largest absolute Gasteiger partial charge is 0.385 e. The normalized spacial score (nSPS) is 21.4. The Bertz CT molecular complexity index is 845. The van der Waals surface area contributed by atoms with E-state index in [1.165, 1.54) is 33.6 Å². The minimum atomic E-state index is -0.683. The van der Waals surface area contributed by atoms with Gasteiger partial charge in [0.05, 0.1) is 0 Å². The molecule has 25 heavy (non-hydrogen) atoms. The van der Waals surface area contributed by atoms with Crippen molar-refractivity contribution in [1.82, 2.24) is 9.88 Å². The van der Waals surface area contributed by atoms with Gasteiger partial charge in [-0.15, -0.1) is 11.3 Å². The Hall–Kier alpha value is -0.620. The van der Waals surface area contributed by atoms with E-state index in [2.05, 4.69) is 28.9 Å². The molecule has 4 rings (SSSR count). The van der Waals surface area contributed by atoms with Gasteiger partial charge in [-0.25, -0.2) is 4.98 Å². The first kappa shape index (κ1) is 17.8. The van der Waals surface area contributed by atoms with E-state index in [-0.39, 0.29) is 11.2 Å². The van der Waals surface area contributed by atoms with Crippen LogP contribution in [0.4, 0.5) is 0 Å². The maximum Gasteiger partial charge on any atom is 0.159 e. The van der Waals surface area contributed by atoms with Crippen LogP contribution >= 0.6 is 46.1 Å². The summed E-state index contributed by atoms with van der Waals surface area (Å²) < 4.78 is 0.426. The van der Waals surface area contributed by atoms with Crippen molar-refractivity contribution in [1.29, 1.82) is 0 Å². The molecule has 2 aliphatic rings. The molecule has 1 aromatic heterocycles. The van der Waals surface area contributed by atoms with Crippen molar-refractivity contribution in [2.45, 2.75) is 31.9 Å². The third kappa shape index (κ3) is 3.25. The van der Waals surface area contributed by atoms with Crippen LogP contribution in [-0.4, -0.2) is 34.1 Å². The number of hydrogen-bond acceptors (Lipinski definition) is 4. The zero-order valence-electron chi connectivity index (χ0n) is 13.6. The molecule has 2 heterocycles. The summed E-state index contributed by atoms with van der Waals surface area (Å²) in [5.41, 5.74) is 5.51. The van der Waals surface area contributed by atoms with Crippen molar-refractivity contribution in [3.05, 3.63) is 54.4 Å². The predicted molar refractivity (Wildman–Crippen MR) is 105 cm³/mol. The Morgan fingerprint density at radius 1 is 1.36 bits per heavy atom. The van der Waals surface area contributed by atoms with E-state index in [0.29, 0.717) is 15.9 Å². The third-order valence-corrected chi connectivity index (χ3v) is 7.20. The maximum atomic E-state index is 10.5. The monoisotopic (exact) mass is 414 g/mol. The summed E-state index contributed by atoms with van der Waals surface area (Å²) in [6, 6.07) is 6.44. The molecule has 0 radical (unpaired) electrons. The molecule has 132 valence electrons. The van der Waals surface area contributed by atoms with Gasteiger partial charge in [0, 0.05) is 24.2 Å². The fraction of sp³-hybridized carbons (Fsp3) is 0.389. The first-order valence-electron chi connectivity index (χ1n) is 8.18. The van der Waals surface area contributed by atoms with E-state index < -0.39 is 6.10 Å². The zero-order valence-corrected chi connectivity index (χ0v) is 16.7. The van der Waals surface area contributed by atoms with Gasteiger partial charge >= 0.3 is 0 Å². The van der Waals surface area contributed by atoms with Crippen LogP contribution in [0.25, 0.3) is 5.57 Å². The molecule has 2 unspecified atom stereocenters. The van der Waals surface area contributed by atoms with Crippen LogP contribution in [0.15, 0.2) is 23.8 Å². The number of fused-ring (bicyclic) bond motifs is 2. The van der Waals surface area contributed by atoms with Crippen molar-refractivity contribution < 1.29 is 5.11 Å². The van der Waals surface area contributed by atoms with Gasteiger partial charge < -0.3 is 5.11 Å². The van der Waals surface area contributed by atoms with Gasteiger partial charge in [-0.05, 0) is 54.2 Å². The summed E-state index contributed by atoms with van der Waals surface area (Å²) in [5.74, 6) is 0. The highest BCUT2D eigenvalue weighted by Gasteiger charge is 2.33. The summed E-state index contributed by atoms with van der Waals surface area (Å²) in [5, 5.41) is 12.2. The average molecular weight is 416 g/mol. The Labute approximate surface area is 165 Å². The number of aromatic nitrogens is 1. The Kier molecular flexibility index (Phi) is 4.86. The number of aliphatic hydroxyl groups excluding tert-OH is 1. The number of nitrogens with zero attached hydrogens (tertiary/aromatic N) is 2. The van der Waals surface area contributed by atoms with Gasteiger partial charge in [0.15, 0.2) is 5.15 Å². The molecule has 0 saturated carbocycles. The second-order valence-corrected chi connectivity index (χ2v) is 8.96. The van der Waals surface area contributed by atoms with Crippen LogP contribution in [0.2, 0.25) is 14.5 Å². The van der Waals surface area contributed by atoms with Crippen molar-refractivity contribution in [2.24, 2.45) is 0 Å². The molecule has 1 aromatic carbocycles. The number of halogens is 3. The topological polar surface area (TPSA) is 36.4 Å². The summed E-state index contributed by atoms with van der Waals surface area (Å²) >= 11 is 19.3. The molecule has 3 nitrogen and oxygen atoms in total. The van der Waals surface area contributed by atoms with Gasteiger partial charge in [-0.2, -0.15) is 0 Å². The first-order valence-corrected chi connectivity index (χ1v) is 10.1. The molecule has 2 aromatic rings. The van der Waals surface area contributed by atoms with Gasteiger partial charge in [-0.3, -0.25) is 4.90 Å². The predicted octanol–water partition coefficient (Wildman–Crippen LogP) is 5.24. The van der Waals surface area contributed by atoms with E-state index >= 15 is 0 Å². The molecular weight excluding hydrogens is 399 g/mol. The highest BCUT2D eigenvalue weighted by atomic mass is 35.5. The van der Waals surface area contributed by atoms with E-state index in [9.17, 15) is 5.11 Å². The molecule has 1 aliphatic heterocycles. The number of benzene rings is 1. The average Bonchev–Trinajstić information content (AvgIpc) is 3.11. The zero-order chi connectivity index (χ0) is 17.7. The number of β-amino-alcohol motifs (C(OH)–C–C–N with tert-alkyl or cyclic N) is 1. The highest BCUT2D eigenvalue weighted by Crippen LogP contribution is 2.42. The molecule has 0 amide bonds. The van der Waals surface area contributed by atoms with E-state index in [1.54, 1.807) is 0 Å². The lowest BCUT2D eigenvalue weighted by Gasteiger charge is -2.36. The lowest BCUT2D eigenvalue weighted by Crippen LogP contribution is -2.41. The summed E-state index contributed by atoms with van der Waals surface area (Å²) in [7, 11) is 0. The molecule has 0 fully saturated rings. The van der Waals surface area contributed by atoms with Gasteiger partial charge in [-0.1, -0.05) is 40.9 Å². The molecule has 2 atom stereocenters. The summed E-state index contributed by atoms with van der Waals surface area (Å²) in [6.45, 7) is 3.63. The molecule has 7 heteroatoms. The lowest BCUT2D eigenvalue weighted by molar-refractivity contribution is 0.0975. The second kappa shape index (κ2) is 6.84. The minimum absolute atomic E-state index is 0.264. The SMILES string of the molecule is CC1C2=C(CCN1CC(O)c1nc(Cl)c(Cl)s1)c1cc(Cl)ccc1C2. The third-order valence-electron chi connectivity index (χ3n) is 5.12. The van der Waals surface area contributed by atoms with Crippen molar-refractivity contribution in [3.63, 3.8) is 0 Å². The van der Waals surface area contributed by atoms with Crippen molar-refractivity contribution >= 4 is 51.7 Å². The molecule has 1 N–H and O–H groups in total. The lowest BCUT2D eigenvalue weighted by atomic mass is 9.93. The summed E-state index contributed by atoms with van der Waals surface area (Å²) in [4.78, 5) is 6.46. The Morgan fingerprint density at radius 2 is 2.16 bits per heavy atom. The van der Waals surface area contributed by atoms with Gasteiger partial charge in [0.2, 0.25) is 0 Å². The van der Waals surface area contributed by atoms with Crippen LogP contribution in [0.1, 0.15) is 35.6 Å². The van der Waals surface area contributed by atoms with E-state index in [4.69, 9.17) is 34.8 Å². The maximum absolute atomic E-state index is 10.5. The quantitative estimate of drug-likeness (QED) is 0.744. The highest BCUT2D eigenvalue weighted by molar-refractivity contribution is 7.16. The van der Waals surface area contributed by atoms with Gasteiger partial charge in [0.1, 0.15) is 15.4 Å². The standard InChI is InChI=1S/C18H17Cl3N2OS/c1-9-13-6-10-2-3-11(19)7-14(10)12(13)4-5-23(9)8-15(24)18-22-16(20)17(21)25-18/h2-3,7,9,15,24H,4-6,8H2,1H3. The molecule has 0 spiro atoms. The van der Waals surface area contributed by atoms with Gasteiger partial charge in [0.25, 0.3) is 0 Å². The number of rotatable bonds is 3. The van der Waals surface area contributed by atoms with E-state index in [1.807, 2.05) is 6.07 Å². The summed E-state index contributed by atoms with van der Waals surface area (Å²) in [6.07, 6.45) is 1.25. The van der Waals surface area contributed by atoms with Crippen LogP contribution in [0, 0.1) is 0 Å². The molecular formula is C18H17Cl3N2OS. The fourth-order valence-corrected chi connectivity index (χ4v) is 5.19. The van der Waals surface area contributed by atoms with Crippen molar-refractivity contribution in [2.75, 3.05) is 13.1 Å². The number of thiazole rings is 1. The van der Waals surface area contributed by atoms with Crippen LogP contribution < -0.4 is 0 Å². The smallest absolute Gasteiger partial charge is 0.159 e. The Balaban J connectivity index is 1.53. The minimum Gasteiger partial charge on any atom is -0.385 e. The number of aliphatic hydroxyl groups is 1. The first-order chi connectivity index (χ1) is 11.9. The Morgan fingerprint density at radius 3 is 2.88 bits per heavy atom. The second-order valence-electron chi connectivity index (χ2n) is 6.54.